The van der Waals surface area contributed by atoms with Crippen molar-refractivity contribution in [3.8, 4) is 0 Å². The Kier molecular flexibility index (Phi) is 2130. The molecule has 0 unspecified atom stereocenters. The van der Waals surface area contributed by atoms with E-state index in [9.17, 15) is 0 Å². The van der Waals surface area contributed by atoms with Crippen LogP contribution in [0.5, 0.6) is 0 Å². The van der Waals surface area contributed by atoms with Crippen molar-refractivity contribution < 1.29 is 115 Å². The summed E-state index contributed by atoms with van der Waals surface area (Å²) >= 11 is 0. The second kappa shape index (κ2) is 111. The SMILES string of the molecule is [Nd+3].[OH-].[OH-].[OH-].[OH-].[OH-].[OH-].[Pr+3]. The van der Waals surface area contributed by atoms with Gasteiger partial charge < -0.3 is 32.9 Å². The van der Waals surface area contributed by atoms with Gasteiger partial charge in [-0.25, -0.2) is 0 Å². The molecule has 49 valence electrons. The number of rotatable bonds is 0. The molecule has 0 fully saturated rings. The Morgan fingerprint density at radius 1 is 0.375 bits per heavy atom. The van der Waals surface area contributed by atoms with Crippen LogP contribution in [0.3, 0.4) is 0 Å². The first kappa shape index (κ1) is 154. The van der Waals surface area contributed by atoms with Crippen LogP contribution in [0, 0.1) is 82.1 Å². The number of hydrogen-bond acceptors (Lipinski definition) is 6. The molecule has 0 amide bonds. The summed E-state index contributed by atoms with van der Waals surface area (Å²) in [5.41, 5.74) is 0. The zero-order valence-electron chi connectivity index (χ0n) is 3.76. The third kappa shape index (κ3) is 77.3. The van der Waals surface area contributed by atoms with Crippen molar-refractivity contribution in [3.63, 3.8) is 0 Å². The van der Waals surface area contributed by atoms with E-state index in [1.807, 2.05) is 0 Å². The van der Waals surface area contributed by atoms with E-state index >= 15 is 0 Å². The molecule has 0 heterocycles. The fraction of sp³-hybridized carbons (Fsp3) is 0. The second-order valence-corrected chi connectivity index (χ2v) is 0. The Labute approximate surface area is 113 Å². The molecule has 6 N–H and O–H groups in total. The van der Waals surface area contributed by atoms with E-state index < -0.39 is 0 Å². The van der Waals surface area contributed by atoms with Gasteiger partial charge in [0.25, 0.3) is 0 Å². The van der Waals surface area contributed by atoms with Gasteiger partial charge in [-0.3, -0.25) is 0 Å². The first-order valence-electron chi connectivity index (χ1n) is 0. The van der Waals surface area contributed by atoms with Crippen molar-refractivity contribution in [2.75, 3.05) is 0 Å². The van der Waals surface area contributed by atoms with Crippen LogP contribution in [0.2, 0.25) is 0 Å². The molecule has 0 aromatic rings. The molecule has 8 heteroatoms. The zero-order chi connectivity index (χ0) is 0. The maximum atomic E-state index is 0. The number of hydrogen-bond donors (Lipinski definition) is 0. The second-order valence-electron chi connectivity index (χ2n) is 0. The van der Waals surface area contributed by atoms with Crippen LogP contribution in [-0.4, -0.2) is 32.9 Å². The molecular weight excluding hydrogens is 381 g/mol. The van der Waals surface area contributed by atoms with Gasteiger partial charge in [-0.1, -0.05) is 0 Å². The van der Waals surface area contributed by atoms with E-state index in [0.29, 0.717) is 0 Å². The van der Waals surface area contributed by atoms with Gasteiger partial charge >= 0.3 is 82.1 Å². The van der Waals surface area contributed by atoms with E-state index in [1.165, 1.54) is 0 Å². The minimum Gasteiger partial charge on any atom is -0.870 e. The molecule has 0 bridgehead atoms. The Morgan fingerprint density at radius 2 is 0.375 bits per heavy atom. The summed E-state index contributed by atoms with van der Waals surface area (Å²) in [5.74, 6) is 0. The summed E-state index contributed by atoms with van der Waals surface area (Å²) in [6.45, 7) is 0. The van der Waals surface area contributed by atoms with Crippen molar-refractivity contribution in [1.29, 1.82) is 0 Å². The normalized spacial score (nSPS) is 0. The molecule has 1 radical (unpaired) electrons. The predicted octanol–water partition coefficient (Wildman–Crippen LogP) is -1.06. The fourth-order valence-corrected chi connectivity index (χ4v) is 0. The van der Waals surface area contributed by atoms with Crippen molar-refractivity contribution in [2.45, 2.75) is 0 Å². The minimum atomic E-state index is 0. The molecule has 0 aromatic heterocycles. The third-order valence-electron chi connectivity index (χ3n) is 0. The summed E-state index contributed by atoms with van der Waals surface area (Å²) in [7, 11) is 0. The zero-order valence-corrected chi connectivity index (χ0v) is 10.7. The maximum Gasteiger partial charge on any atom is 3.00 e. The van der Waals surface area contributed by atoms with Crippen molar-refractivity contribution in [2.24, 2.45) is 0 Å². The van der Waals surface area contributed by atoms with Crippen LogP contribution in [0.4, 0.5) is 0 Å². The van der Waals surface area contributed by atoms with Crippen molar-refractivity contribution in [3.05, 3.63) is 0 Å². The van der Waals surface area contributed by atoms with E-state index in [0.717, 1.165) is 0 Å². The molecule has 0 spiro atoms. The fourth-order valence-electron chi connectivity index (χ4n) is 0. The Morgan fingerprint density at radius 3 is 0.375 bits per heavy atom. The Hall–Kier alpha value is 2.47. The molecule has 0 aliphatic rings. The van der Waals surface area contributed by atoms with Crippen LogP contribution < -0.4 is 0 Å². The van der Waals surface area contributed by atoms with Crippen molar-refractivity contribution in [1.82, 2.24) is 0 Å². The molecule has 0 aliphatic carbocycles. The summed E-state index contributed by atoms with van der Waals surface area (Å²) in [6.07, 6.45) is 0. The molecule has 0 saturated heterocycles. The first-order chi connectivity index (χ1) is 0. The molecule has 0 saturated carbocycles. The van der Waals surface area contributed by atoms with Gasteiger partial charge in [-0.2, -0.15) is 0 Å². The van der Waals surface area contributed by atoms with E-state index in [1.54, 1.807) is 0 Å². The molecule has 0 aromatic carbocycles. The monoisotopic (exact) mass is 385 g/mol. The van der Waals surface area contributed by atoms with Crippen LogP contribution in [-0.2, 0) is 0 Å². The van der Waals surface area contributed by atoms with E-state index in [2.05, 4.69) is 0 Å². The Bertz CT molecular complexity index is 8.49. The first-order valence-corrected chi connectivity index (χ1v) is 0. The van der Waals surface area contributed by atoms with E-state index in [4.69, 9.17) is 0 Å². The van der Waals surface area contributed by atoms with Gasteiger partial charge in [0, 0.05) is 0 Å². The predicted molar refractivity (Wildman–Crippen MR) is 11.6 cm³/mol. The molecular formula is H6NdO6Pr. The summed E-state index contributed by atoms with van der Waals surface area (Å²) in [6, 6.07) is 0. The Balaban J connectivity index is 0. The van der Waals surface area contributed by atoms with Crippen LogP contribution >= 0.6 is 0 Å². The summed E-state index contributed by atoms with van der Waals surface area (Å²) < 4.78 is 0. The molecule has 0 atom stereocenters. The van der Waals surface area contributed by atoms with Crippen molar-refractivity contribution >= 4 is 0 Å². The van der Waals surface area contributed by atoms with Gasteiger partial charge in [-0.15, -0.1) is 0 Å². The molecule has 0 aliphatic heterocycles. The molecule has 6 nitrogen and oxygen atoms in total. The summed E-state index contributed by atoms with van der Waals surface area (Å²) in [5, 5.41) is 0. The van der Waals surface area contributed by atoms with Crippen LogP contribution in [0.25, 0.3) is 0 Å². The molecule has 8 heavy (non-hydrogen) atoms. The topological polar surface area (TPSA) is 180 Å². The van der Waals surface area contributed by atoms with Gasteiger partial charge in [0.15, 0.2) is 0 Å². The standard InChI is InChI=1S/Nd.6H2O.Pr/h;6*1H2;/q+3;;;;;;;+3/p-6. The van der Waals surface area contributed by atoms with Gasteiger partial charge in [0.2, 0.25) is 0 Å². The van der Waals surface area contributed by atoms with Gasteiger partial charge in [0.05, 0.1) is 0 Å². The molecule has 0 rings (SSSR count). The third-order valence-corrected chi connectivity index (χ3v) is 0. The van der Waals surface area contributed by atoms with Crippen LogP contribution in [0.1, 0.15) is 0 Å². The van der Waals surface area contributed by atoms with Crippen LogP contribution in [0.15, 0.2) is 0 Å². The minimum absolute atomic E-state index is 0. The van der Waals surface area contributed by atoms with Gasteiger partial charge in [-0.05, 0) is 0 Å². The quantitative estimate of drug-likeness (QED) is 0.510. The largest absolute Gasteiger partial charge is 3.00 e. The smallest absolute Gasteiger partial charge is 0.870 e. The average molecular weight is 387 g/mol. The maximum absolute atomic E-state index is 0. The summed E-state index contributed by atoms with van der Waals surface area (Å²) in [4.78, 5) is 0. The van der Waals surface area contributed by atoms with E-state index in [-0.39, 0.29) is 115 Å². The van der Waals surface area contributed by atoms with Gasteiger partial charge in [0.1, 0.15) is 0 Å². The average Bonchev–Trinajstić information content (AvgIpc) is 0.